The van der Waals surface area contributed by atoms with Gasteiger partial charge in [-0.2, -0.15) is 0 Å². The maximum absolute atomic E-state index is 14.4. The van der Waals surface area contributed by atoms with Crippen LogP contribution in [0.25, 0.3) is 4.85 Å². The molecule has 4 nitrogen and oxygen atoms in total. The van der Waals surface area contributed by atoms with Gasteiger partial charge in [0.25, 0.3) is 0 Å². The number of nitrogens with zero attached hydrogens (tertiary/aromatic N) is 1. The molecule has 0 heterocycles. The number of allylic oxidation sites excluding steroid dienone is 5. The maximum atomic E-state index is 14.4. The molecule has 7 atom stereocenters. The van der Waals surface area contributed by atoms with E-state index in [1.54, 1.807) is 7.11 Å². The van der Waals surface area contributed by atoms with Gasteiger partial charge in [0, 0.05) is 22.2 Å². The molecule has 3 fully saturated rings. The molecule has 0 amide bonds. The molecule has 0 spiro atoms. The highest BCUT2D eigenvalue weighted by atomic mass is 16.5. The van der Waals surface area contributed by atoms with Gasteiger partial charge < -0.3 is 9.53 Å². The molecule has 0 bridgehead atoms. The van der Waals surface area contributed by atoms with Gasteiger partial charge in [-0.15, -0.1) is 0 Å². The van der Waals surface area contributed by atoms with E-state index in [-0.39, 0.29) is 56.7 Å². The fourth-order valence-electron chi connectivity index (χ4n) is 10.3. The Morgan fingerprint density at radius 1 is 1.00 bits per heavy atom. The number of rotatable bonds is 2. The first-order chi connectivity index (χ1) is 18.0. The van der Waals surface area contributed by atoms with Crippen molar-refractivity contribution >= 4 is 11.6 Å². The summed E-state index contributed by atoms with van der Waals surface area (Å²) in [5, 5.41) is 0. The van der Waals surface area contributed by atoms with Crippen LogP contribution < -0.4 is 0 Å². The van der Waals surface area contributed by atoms with Crippen LogP contribution in [0.15, 0.2) is 35.8 Å². The van der Waals surface area contributed by atoms with Crippen LogP contribution >= 0.6 is 0 Å². The molecule has 5 rings (SSSR count). The second-order valence-corrected chi connectivity index (χ2v) is 15.0. The minimum atomic E-state index is -0.627. The van der Waals surface area contributed by atoms with Gasteiger partial charge in [-0.1, -0.05) is 80.5 Å². The number of ketones is 2. The fraction of sp³-hybridized carbons (Fsp3) is 0.743. The highest BCUT2D eigenvalue weighted by Gasteiger charge is 2.70. The quantitative estimate of drug-likeness (QED) is 0.263. The van der Waals surface area contributed by atoms with E-state index in [1.807, 2.05) is 39.8 Å². The summed E-state index contributed by atoms with van der Waals surface area (Å²) in [6.07, 6.45) is 10.9. The Bertz CT molecular complexity index is 1200. The zero-order chi connectivity index (χ0) is 29.4. The topological polar surface area (TPSA) is 47.7 Å². The van der Waals surface area contributed by atoms with E-state index in [4.69, 9.17) is 11.3 Å². The van der Waals surface area contributed by atoms with Crippen LogP contribution in [0.1, 0.15) is 107 Å². The molecule has 0 aromatic heterocycles. The van der Waals surface area contributed by atoms with Crippen molar-refractivity contribution in [1.29, 1.82) is 0 Å². The van der Waals surface area contributed by atoms with Gasteiger partial charge in [-0.3, -0.25) is 4.79 Å². The molecule has 0 saturated heterocycles. The first kappa shape index (κ1) is 29.8. The first-order valence-corrected chi connectivity index (χ1v) is 15.2. The van der Waals surface area contributed by atoms with Crippen LogP contribution in [0.2, 0.25) is 0 Å². The number of hydrogen-bond donors (Lipinski definition) is 0. The van der Waals surface area contributed by atoms with Gasteiger partial charge in [0.2, 0.25) is 5.70 Å². The third kappa shape index (κ3) is 3.74. The van der Waals surface area contributed by atoms with E-state index in [9.17, 15) is 9.59 Å². The summed E-state index contributed by atoms with van der Waals surface area (Å²) >= 11 is 0. The van der Waals surface area contributed by atoms with Crippen molar-refractivity contribution in [3.05, 3.63) is 47.2 Å². The fourth-order valence-corrected chi connectivity index (χ4v) is 10.3. The molecule has 0 radical (unpaired) electrons. The Balaban J connectivity index is 0.00000172. The average Bonchev–Trinajstić information content (AvgIpc) is 2.88. The van der Waals surface area contributed by atoms with Crippen LogP contribution in [-0.4, -0.2) is 18.7 Å². The molecule has 5 aliphatic rings. The molecule has 39 heavy (non-hydrogen) atoms. The number of fused-ring (bicyclic) bond motifs is 7. The Morgan fingerprint density at radius 3 is 2.21 bits per heavy atom. The largest absolute Gasteiger partial charge is 0.501 e. The summed E-state index contributed by atoms with van der Waals surface area (Å²) < 4.78 is 5.85. The molecule has 3 saturated carbocycles. The first-order valence-electron chi connectivity index (χ1n) is 15.2. The van der Waals surface area contributed by atoms with Crippen LogP contribution in [0.3, 0.4) is 0 Å². The smallest absolute Gasteiger partial charge is 0.226 e. The van der Waals surface area contributed by atoms with Crippen LogP contribution in [0, 0.1) is 56.8 Å². The van der Waals surface area contributed by atoms with Crippen LogP contribution in [0.4, 0.5) is 0 Å². The number of methoxy groups -OCH3 is 1. The second kappa shape index (κ2) is 9.19. The molecule has 214 valence electrons. The van der Waals surface area contributed by atoms with E-state index in [2.05, 4.69) is 46.0 Å². The number of carbonyl (C=O) groups is 2. The van der Waals surface area contributed by atoms with Gasteiger partial charge in [-0.25, -0.2) is 4.85 Å². The molecule has 0 aromatic rings. The molecular weight excluding hydrogens is 482 g/mol. The summed E-state index contributed by atoms with van der Waals surface area (Å²) in [6, 6.07) is 0. The third-order valence-corrected chi connectivity index (χ3v) is 12.6. The van der Waals surface area contributed by atoms with Gasteiger partial charge in [0.15, 0.2) is 11.6 Å². The maximum Gasteiger partial charge on any atom is 0.226 e. The van der Waals surface area contributed by atoms with Gasteiger partial charge in [0.05, 0.1) is 19.4 Å². The number of carbonyl (C=O) groups excluding carboxylic acids is 2. The van der Waals surface area contributed by atoms with Crippen molar-refractivity contribution in [2.45, 2.75) is 107 Å². The zero-order valence-electron chi connectivity index (χ0n) is 26.2. The number of Topliss-reactive ketones (excluding diaryl/α,β-unsaturated/α-hetero) is 1. The second-order valence-electron chi connectivity index (χ2n) is 15.0. The standard InChI is InChI=1S/C33H45NO3.C2H6/c1-20(37-10)33-15-13-28(2,3)18-21(33)26-23(35)17-25-30(6)19-22(34-9)27(36)29(4,5)24(30)11-12-31(25,7)32(26,8)14-16-33;1-2/h17,19,21,24,26H,1,11-16,18H2,2-8,10H3;1-2H3/t21-,24-,26-,30-,31+,32+,33+;/m0./s1. The Hall–Kier alpha value is -2.15. The number of hydrogen-bond acceptors (Lipinski definition) is 3. The van der Waals surface area contributed by atoms with E-state index < -0.39 is 10.8 Å². The number of ether oxygens (including phenoxy) is 1. The Labute approximate surface area is 237 Å². The normalized spacial score (nSPS) is 43.5. The van der Waals surface area contributed by atoms with E-state index in [1.165, 1.54) is 0 Å². The highest BCUT2D eigenvalue weighted by molar-refractivity contribution is 6.03. The van der Waals surface area contributed by atoms with E-state index >= 15 is 0 Å². The summed E-state index contributed by atoms with van der Waals surface area (Å²) in [5.41, 5.74) is -0.0624. The van der Waals surface area contributed by atoms with Crippen molar-refractivity contribution < 1.29 is 14.3 Å². The summed E-state index contributed by atoms with van der Waals surface area (Å²) in [5.74, 6) is 1.24. The van der Waals surface area contributed by atoms with Crippen molar-refractivity contribution in [2.75, 3.05) is 7.11 Å². The van der Waals surface area contributed by atoms with Crippen LogP contribution in [-0.2, 0) is 14.3 Å². The molecule has 4 heteroatoms. The van der Waals surface area contributed by atoms with Crippen molar-refractivity contribution in [2.24, 2.45) is 50.2 Å². The van der Waals surface area contributed by atoms with Crippen molar-refractivity contribution in [3.63, 3.8) is 0 Å². The summed E-state index contributed by atoms with van der Waals surface area (Å²) in [6.45, 7) is 31.8. The summed E-state index contributed by atoms with van der Waals surface area (Å²) in [4.78, 5) is 31.3. The highest BCUT2D eigenvalue weighted by Crippen LogP contribution is 2.75. The zero-order valence-corrected chi connectivity index (χ0v) is 26.2. The van der Waals surface area contributed by atoms with Gasteiger partial charge in [-0.05, 0) is 79.1 Å². The molecule has 5 aliphatic carbocycles. The monoisotopic (exact) mass is 533 g/mol. The van der Waals surface area contributed by atoms with E-state index in [0.717, 1.165) is 56.3 Å². The summed E-state index contributed by atoms with van der Waals surface area (Å²) in [7, 11) is 1.74. The van der Waals surface area contributed by atoms with Gasteiger partial charge >= 0.3 is 0 Å². The lowest BCUT2D eigenvalue weighted by atomic mass is 9.34. The van der Waals surface area contributed by atoms with Crippen molar-refractivity contribution in [3.8, 4) is 0 Å². The molecule has 0 aromatic carbocycles. The third-order valence-electron chi connectivity index (χ3n) is 12.6. The minimum absolute atomic E-state index is 0.0506. The molecule has 0 aliphatic heterocycles. The average molecular weight is 534 g/mol. The Morgan fingerprint density at radius 2 is 1.62 bits per heavy atom. The molecule has 0 N–H and O–H groups in total. The molecular formula is C35H51NO3. The lowest BCUT2D eigenvalue weighted by molar-refractivity contribution is -0.170. The van der Waals surface area contributed by atoms with E-state index in [0.29, 0.717) is 0 Å². The lowest BCUT2D eigenvalue weighted by Gasteiger charge is -2.69. The van der Waals surface area contributed by atoms with Gasteiger partial charge in [0.1, 0.15) is 0 Å². The lowest BCUT2D eigenvalue weighted by Crippen LogP contribution is -2.65. The SMILES string of the molecule is CC.[C-]#[N+]C1=C[C@]2(C)C3=CC(=O)[C@@H]4[C@@H]5CC(C)(C)CC[C@]5(C(=C)OC)CC[C@@]4(C)[C@]3(C)CC[C@H]2C(C)(C)C1=O. The van der Waals surface area contributed by atoms with Crippen LogP contribution in [0.5, 0.6) is 0 Å². The minimum Gasteiger partial charge on any atom is -0.501 e. The predicted molar refractivity (Wildman–Crippen MR) is 157 cm³/mol. The van der Waals surface area contributed by atoms with Crippen molar-refractivity contribution in [1.82, 2.24) is 0 Å². The Kier molecular flexibility index (Phi) is 7.02. The predicted octanol–water partition coefficient (Wildman–Crippen LogP) is 8.75. The molecule has 0 unspecified atom stereocenters.